The van der Waals surface area contributed by atoms with Gasteiger partial charge in [-0.1, -0.05) is 18.2 Å². The number of fused-ring (bicyclic) bond motifs is 1. The van der Waals surface area contributed by atoms with E-state index in [0.29, 0.717) is 24.4 Å². The van der Waals surface area contributed by atoms with Crippen molar-refractivity contribution in [2.45, 2.75) is 18.8 Å². The van der Waals surface area contributed by atoms with Gasteiger partial charge < -0.3 is 14.9 Å². The standard InChI is InChI=1S/C19H22N4O2/c1-22-6-8-23(9-7-22)19-20-12-15-16(21-19)10-13(11-18(15)25)14-4-2-3-5-17(14)24/h2-5,12-13,24H,6-11H2,1H3/t13-/m1/s1. The molecule has 0 bridgehead atoms. The van der Waals surface area contributed by atoms with E-state index in [1.54, 1.807) is 18.3 Å². The third-order valence-electron chi connectivity index (χ3n) is 5.19. The Balaban J connectivity index is 1.62. The topological polar surface area (TPSA) is 69.6 Å². The molecule has 1 N–H and O–H groups in total. The summed E-state index contributed by atoms with van der Waals surface area (Å²) in [5.74, 6) is 0.977. The van der Waals surface area contributed by atoms with Gasteiger partial charge in [0.2, 0.25) is 5.95 Å². The molecule has 0 radical (unpaired) electrons. The zero-order valence-electron chi connectivity index (χ0n) is 14.4. The van der Waals surface area contributed by atoms with Gasteiger partial charge in [0.05, 0.1) is 11.3 Å². The normalized spacial score (nSPS) is 21.2. The molecule has 2 aromatic rings. The van der Waals surface area contributed by atoms with Gasteiger partial charge in [0.1, 0.15) is 5.75 Å². The number of hydrogen-bond acceptors (Lipinski definition) is 6. The van der Waals surface area contributed by atoms with Gasteiger partial charge in [0.15, 0.2) is 5.78 Å². The zero-order valence-corrected chi connectivity index (χ0v) is 14.4. The summed E-state index contributed by atoms with van der Waals surface area (Å²) in [5.41, 5.74) is 2.25. The average Bonchev–Trinajstić information content (AvgIpc) is 2.62. The Bertz CT molecular complexity index is 800. The monoisotopic (exact) mass is 338 g/mol. The average molecular weight is 338 g/mol. The molecule has 6 heteroatoms. The maximum atomic E-state index is 12.5. The molecule has 0 unspecified atom stereocenters. The largest absolute Gasteiger partial charge is 0.508 e. The van der Waals surface area contributed by atoms with Crippen LogP contribution in [0, 0.1) is 0 Å². The van der Waals surface area contributed by atoms with Crippen LogP contribution in [0.25, 0.3) is 0 Å². The van der Waals surface area contributed by atoms with Crippen LogP contribution >= 0.6 is 0 Å². The number of hydrogen-bond donors (Lipinski definition) is 1. The third kappa shape index (κ3) is 3.09. The first kappa shape index (κ1) is 16.0. The van der Waals surface area contributed by atoms with E-state index in [1.165, 1.54) is 0 Å². The molecule has 1 aliphatic carbocycles. The number of carbonyl (C=O) groups excluding carboxylic acids is 1. The second-order valence-electron chi connectivity index (χ2n) is 6.91. The molecule has 130 valence electrons. The second-order valence-corrected chi connectivity index (χ2v) is 6.91. The van der Waals surface area contributed by atoms with Crippen molar-refractivity contribution >= 4 is 11.7 Å². The van der Waals surface area contributed by atoms with E-state index in [2.05, 4.69) is 21.8 Å². The second kappa shape index (κ2) is 6.44. The van der Waals surface area contributed by atoms with Crippen molar-refractivity contribution in [1.82, 2.24) is 14.9 Å². The minimum Gasteiger partial charge on any atom is -0.508 e. The predicted molar refractivity (Wildman–Crippen MR) is 95.2 cm³/mol. The summed E-state index contributed by atoms with van der Waals surface area (Å²) in [6.07, 6.45) is 2.73. The minimum absolute atomic E-state index is 0.0311. The number of likely N-dealkylation sites (N-methyl/N-ethyl adjacent to an activating group) is 1. The predicted octanol–water partition coefficient (Wildman–Crippen LogP) is 1.85. The highest BCUT2D eigenvalue weighted by atomic mass is 16.3. The molecule has 1 saturated heterocycles. The van der Waals surface area contributed by atoms with Crippen molar-refractivity contribution < 1.29 is 9.90 Å². The van der Waals surface area contributed by atoms with Gasteiger partial charge in [-0.2, -0.15) is 0 Å². The molecule has 1 atom stereocenters. The Labute approximate surface area is 147 Å². The Morgan fingerprint density at radius 3 is 2.64 bits per heavy atom. The highest BCUT2D eigenvalue weighted by Gasteiger charge is 2.30. The summed E-state index contributed by atoms with van der Waals surface area (Å²) < 4.78 is 0. The van der Waals surface area contributed by atoms with Crippen LogP contribution in [0.4, 0.5) is 5.95 Å². The van der Waals surface area contributed by atoms with E-state index in [9.17, 15) is 9.90 Å². The lowest BCUT2D eigenvalue weighted by atomic mass is 9.82. The smallest absolute Gasteiger partial charge is 0.225 e. The number of piperazine rings is 1. The number of ketones is 1. The fraction of sp³-hybridized carbons (Fsp3) is 0.421. The molecule has 2 heterocycles. The van der Waals surface area contributed by atoms with Crippen LogP contribution in [-0.4, -0.2) is 59.0 Å². The van der Waals surface area contributed by atoms with Crippen LogP contribution in [0.2, 0.25) is 0 Å². The lowest BCUT2D eigenvalue weighted by molar-refractivity contribution is 0.0962. The molecule has 6 nitrogen and oxygen atoms in total. The Kier molecular flexibility index (Phi) is 4.13. The van der Waals surface area contributed by atoms with Crippen molar-refractivity contribution in [2.75, 3.05) is 38.1 Å². The van der Waals surface area contributed by atoms with Crippen molar-refractivity contribution in [3.8, 4) is 5.75 Å². The molecular weight excluding hydrogens is 316 g/mol. The summed E-state index contributed by atoms with van der Waals surface area (Å²) in [7, 11) is 2.11. The highest BCUT2D eigenvalue weighted by molar-refractivity contribution is 5.98. The van der Waals surface area contributed by atoms with Crippen LogP contribution in [0.3, 0.4) is 0 Å². The van der Waals surface area contributed by atoms with Gasteiger partial charge in [-0.25, -0.2) is 9.97 Å². The number of anilines is 1. The molecular formula is C19H22N4O2. The van der Waals surface area contributed by atoms with Crippen LogP contribution in [0.1, 0.15) is 34.0 Å². The minimum atomic E-state index is -0.0311. The maximum Gasteiger partial charge on any atom is 0.225 e. The Hall–Kier alpha value is -2.47. The molecule has 1 aliphatic heterocycles. The van der Waals surface area contributed by atoms with Gasteiger partial charge in [0.25, 0.3) is 0 Å². The van der Waals surface area contributed by atoms with Crippen molar-refractivity contribution in [2.24, 2.45) is 0 Å². The first-order valence-electron chi connectivity index (χ1n) is 8.72. The number of aromatic hydroxyl groups is 1. The lowest BCUT2D eigenvalue weighted by Crippen LogP contribution is -2.45. The summed E-state index contributed by atoms with van der Waals surface area (Å²) in [6.45, 7) is 3.76. The van der Waals surface area contributed by atoms with E-state index in [0.717, 1.165) is 37.4 Å². The van der Waals surface area contributed by atoms with E-state index >= 15 is 0 Å². The van der Waals surface area contributed by atoms with Crippen molar-refractivity contribution in [3.63, 3.8) is 0 Å². The lowest BCUT2D eigenvalue weighted by Gasteiger charge is -2.33. The molecule has 1 aromatic carbocycles. The van der Waals surface area contributed by atoms with Crippen molar-refractivity contribution in [3.05, 3.63) is 47.3 Å². The molecule has 1 fully saturated rings. The summed E-state index contributed by atoms with van der Waals surface area (Å²) in [4.78, 5) is 26.1. The number of rotatable bonds is 2. The van der Waals surface area contributed by atoms with Gasteiger partial charge in [0, 0.05) is 44.7 Å². The number of nitrogens with zero attached hydrogens (tertiary/aromatic N) is 4. The summed E-state index contributed by atoms with van der Waals surface area (Å²) in [6, 6.07) is 7.25. The number of para-hydroxylation sites is 1. The molecule has 1 aromatic heterocycles. The van der Waals surface area contributed by atoms with Crippen LogP contribution in [0.5, 0.6) is 5.75 Å². The molecule has 2 aliphatic rings. The van der Waals surface area contributed by atoms with E-state index < -0.39 is 0 Å². The molecule has 25 heavy (non-hydrogen) atoms. The van der Waals surface area contributed by atoms with Crippen LogP contribution in [-0.2, 0) is 6.42 Å². The number of Topliss-reactive ketones (excluding diaryl/α,β-unsaturated/α-hetero) is 1. The first-order valence-corrected chi connectivity index (χ1v) is 8.72. The quantitative estimate of drug-likeness (QED) is 0.901. The van der Waals surface area contributed by atoms with Gasteiger partial charge in [-0.05, 0) is 25.1 Å². The van der Waals surface area contributed by atoms with Gasteiger partial charge in [-0.15, -0.1) is 0 Å². The van der Waals surface area contributed by atoms with Gasteiger partial charge in [-0.3, -0.25) is 4.79 Å². The highest BCUT2D eigenvalue weighted by Crippen LogP contribution is 2.36. The fourth-order valence-corrected chi connectivity index (χ4v) is 3.65. The number of phenolic OH excluding ortho intramolecular Hbond substituents is 1. The molecule has 0 amide bonds. The fourth-order valence-electron chi connectivity index (χ4n) is 3.65. The van der Waals surface area contributed by atoms with Crippen LogP contribution in [0.15, 0.2) is 30.5 Å². The molecule has 0 spiro atoms. The first-order chi connectivity index (χ1) is 12.1. The Morgan fingerprint density at radius 2 is 1.88 bits per heavy atom. The zero-order chi connectivity index (χ0) is 17.4. The number of phenols is 1. The van der Waals surface area contributed by atoms with Gasteiger partial charge >= 0.3 is 0 Å². The summed E-state index contributed by atoms with van der Waals surface area (Å²) in [5, 5.41) is 10.1. The maximum absolute atomic E-state index is 12.5. The third-order valence-corrected chi connectivity index (χ3v) is 5.19. The van der Waals surface area contributed by atoms with Crippen LogP contribution < -0.4 is 4.90 Å². The van der Waals surface area contributed by atoms with Crippen molar-refractivity contribution in [1.29, 1.82) is 0 Å². The molecule has 0 saturated carbocycles. The molecule has 4 rings (SSSR count). The summed E-state index contributed by atoms with van der Waals surface area (Å²) >= 11 is 0. The SMILES string of the molecule is CN1CCN(c2ncc3c(n2)C[C@@H](c2ccccc2O)CC3=O)CC1. The van der Waals surface area contributed by atoms with E-state index in [-0.39, 0.29) is 17.5 Å². The van der Waals surface area contributed by atoms with E-state index in [1.807, 2.05) is 12.1 Å². The number of carbonyl (C=O) groups is 1. The van der Waals surface area contributed by atoms with E-state index in [4.69, 9.17) is 4.98 Å². The Morgan fingerprint density at radius 1 is 1.12 bits per heavy atom. The number of aromatic nitrogens is 2. The number of benzene rings is 1.